The maximum absolute atomic E-state index is 12.5. The summed E-state index contributed by atoms with van der Waals surface area (Å²) in [6.07, 6.45) is -4.36. The Morgan fingerprint density at radius 3 is 2.18 bits per heavy atom. The lowest BCUT2D eigenvalue weighted by atomic mass is 10.1. The third kappa shape index (κ3) is 2.90. The fraction of sp³-hybridized carbons (Fsp3) is 0.0833. The number of fused-ring (bicyclic) bond motifs is 1. The molecule has 0 saturated carbocycles. The summed E-state index contributed by atoms with van der Waals surface area (Å²) in [6.45, 7) is 0. The largest absolute Gasteiger partial charge is 0.416 e. The molecule has 3 rings (SSSR count). The van der Waals surface area contributed by atoms with Gasteiger partial charge in [-0.1, -0.05) is 23.5 Å². The van der Waals surface area contributed by atoms with E-state index in [0.717, 1.165) is 12.1 Å². The van der Waals surface area contributed by atoms with Crippen LogP contribution in [0.4, 0.5) is 24.9 Å². The number of hydrogen-bond acceptors (Lipinski definition) is 6. The Kier molecular flexibility index (Phi) is 4.12. The molecular formula is C12H9ClF3N5S. The van der Waals surface area contributed by atoms with Gasteiger partial charge in [-0.05, 0) is 12.1 Å². The van der Waals surface area contributed by atoms with Gasteiger partial charge in [0.15, 0.2) is 10.6 Å². The number of thiazole rings is 1. The first-order chi connectivity index (χ1) is 9.84. The van der Waals surface area contributed by atoms with Crippen LogP contribution in [-0.4, -0.2) is 15.0 Å². The van der Waals surface area contributed by atoms with Gasteiger partial charge in [-0.3, -0.25) is 0 Å². The number of nitrogens with two attached hydrogens (primary N) is 2. The maximum atomic E-state index is 12.5. The molecule has 0 atom stereocenters. The predicted octanol–water partition coefficient (Wildman–Crippen LogP) is 3.36. The second-order valence-corrected chi connectivity index (χ2v) is 5.19. The minimum atomic E-state index is -4.36. The zero-order chi connectivity index (χ0) is 15.2. The Labute approximate surface area is 132 Å². The van der Waals surface area contributed by atoms with Crippen molar-refractivity contribution in [2.45, 2.75) is 6.18 Å². The number of hydrogen-bond donors (Lipinski definition) is 2. The van der Waals surface area contributed by atoms with Gasteiger partial charge in [0.05, 0.1) is 5.56 Å². The molecule has 2 heterocycles. The van der Waals surface area contributed by atoms with Gasteiger partial charge in [-0.2, -0.15) is 18.2 Å². The van der Waals surface area contributed by atoms with E-state index in [1.165, 1.54) is 23.5 Å². The molecule has 1 aromatic carbocycles. The number of anilines is 2. The first kappa shape index (κ1) is 16.2. The third-order valence-corrected chi connectivity index (χ3v) is 3.76. The first-order valence-corrected chi connectivity index (χ1v) is 6.53. The molecule has 0 radical (unpaired) electrons. The standard InChI is InChI=1S/C12H8F3N5S.ClH/c13-12(14,15)6-3-1-5(2-4-6)9-18-7-8(16)19-11(17)20-10(7)21-9;/h1-4H,(H4,16,17,19,20);1H. The lowest BCUT2D eigenvalue weighted by Gasteiger charge is -2.06. The predicted molar refractivity (Wildman–Crippen MR) is 81.7 cm³/mol. The fourth-order valence-corrected chi connectivity index (χ4v) is 2.75. The van der Waals surface area contributed by atoms with Gasteiger partial charge in [0.25, 0.3) is 0 Å². The van der Waals surface area contributed by atoms with E-state index in [9.17, 15) is 13.2 Å². The molecule has 10 heteroatoms. The number of halogens is 4. The monoisotopic (exact) mass is 347 g/mol. The second-order valence-electron chi connectivity index (χ2n) is 4.21. The zero-order valence-corrected chi connectivity index (χ0v) is 12.4. The van der Waals surface area contributed by atoms with Crippen molar-refractivity contribution in [1.29, 1.82) is 0 Å². The van der Waals surface area contributed by atoms with Gasteiger partial charge < -0.3 is 11.5 Å². The molecule has 0 saturated heterocycles. The van der Waals surface area contributed by atoms with Gasteiger partial charge in [0.2, 0.25) is 5.95 Å². The second kappa shape index (κ2) is 5.58. The van der Waals surface area contributed by atoms with Crippen LogP contribution in [-0.2, 0) is 6.18 Å². The summed E-state index contributed by atoms with van der Waals surface area (Å²) in [5.74, 6) is 0.175. The molecule has 0 fully saturated rings. The van der Waals surface area contributed by atoms with Crippen LogP contribution in [0.2, 0.25) is 0 Å². The highest BCUT2D eigenvalue weighted by atomic mass is 35.5. The highest BCUT2D eigenvalue weighted by Crippen LogP contribution is 2.34. The van der Waals surface area contributed by atoms with Crippen LogP contribution < -0.4 is 11.5 Å². The summed E-state index contributed by atoms with van der Waals surface area (Å²) < 4.78 is 37.6. The van der Waals surface area contributed by atoms with Crippen molar-refractivity contribution in [2.24, 2.45) is 0 Å². The molecule has 116 valence electrons. The van der Waals surface area contributed by atoms with Gasteiger partial charge in [0.1, 0.15) is 10.5 Å². The van der Waals surface area contributed by atoms with Crippen molar-refractivity contribution in [3.63, 3.8) is 0 Å². The molecule has 0 amide bonds. The van der Waals surface area contributed by atoms with Gasteiger partial charge in [-0.15, -0.1) is 12.4 Å². The Morgan fingerprint density at radius 2 is 1.59 bits per heavy atom. The van der Waals surface area contributed by atoms with E-state index >= 15 is 0 Å². The van der Waals surface area contributed by atoms with Gasteiger partial charge >= 0.3 is 6.18 Å². The minimum absolute atomic E-state index is 0. The number of benzene rings is 1. The third-order valence-electron chi connectivity index (χ3n) is 2.76. The number of alkyl halides is 3. The minimum Gasteiger partial charge on any atom is -0.382 e. The number of rotatable bonds is 1. The van der Waals surface area contributed by atoms with Crippen LogP contribution in [0.15, 0.2) is 24.3 Å². The summed E-state index contributed by atoms with van der Waals surface area (Å²) in [6, 6.07) is 4.72. The average molecular weight is 348 g/mol. The van der Waals surface area contributed by atoms with Crippen LogP contribution in [0.5, 0.6) is 0 Å². The molecule has 22 heavy (non-hydrogen) atoms. The Bertz CT molecular complexity index is 816. The van der Waals surface area contributed by atoms with Crippen molar-refractivity contribution in [1.82, 2.24) is 15.0 Å². The maximum Gasteiger partial charge on any atom is 0.416 e. The van der Waals surface area contributed by atoms with E-state index in [4.69, 9.17) is 11.5 Å². The Hall–Kier alpha value is -2.13. The summed E-state index contributed by atoms with van der Waals surface area (Å²) in [5.41, 5.74) is 11.4. The van der Waals surface area contributed by atoms with Crippen LogP contribution in [0.3, 0.4) is 0 Å². The van der Waals surface area contributed by atoms with Crippen LogP contribution in [0, 0.1) is 0 Å². The van der Waals surface area contributed by atoms with E-state index in [1.807, 2.05) is 0 Å². The van der Waals surface area contributed by atoms with Crippen LogP contribution >= 0.6 is 23.7 Å². The van der Waals surface area contributed by atoms with E-state index in [2.05, 4.69) is 15.0 Å². The molecule has 0 spiro atoms. The highest BCUT2D eigenvalue weighted by Gasteiger charge is 2.30. The van der Waals surface area contributed by atoms with Crippen molar-refractivity contribution < 1.29 is 13.2 Å². The van der Waals surface area contributed by atoms with Crippen molar-refractivity contribution in [3.8, 4) is 10.6 Å². The van der Waals surface area contributed by atoms with Crippen molar-refractivity contribution in [2.75, 3.05) is 11.5 Å². The van der Waals surface area contributed by atoms with Gasteiger partial charge in [-0.25, -0.2) is 9.97 Å². The lowest BCUT2D eigenvalue weighted by Crippen LogP contribution is -2.03. The number of nitrogen functional groups attached to an aromatic ring is 2. The van der Waals surface area contributed by atoms with Crippen LogP contribution in [0.1, 0.15) is 5.56 Å². The highest BCUT2D eigenvalue weighted by molar-refractivity contribution is 7.21. The summed E-state index contributed by atoms with van der Waals surface area (Å²) >= 11 is 1.19. The molecule has 5 nitrogen and oxygen atoms in total. The summed E-state index contributed by atoms with van der Waals surface area (Å²) in [4.78, 5) is 12.5. The molecule has 4 N–H and O–H groups in total. The molecule has 0 aliphatic rings. The quantitative estimate of drug-likeness (QED) is 0.704. The van der Waals surface area contributed by atoms with Crippen molar-refractivity contribution in [3.05, 3.63) is 29.8 Å². The topological polar surface area (TPSA) is 90.7 Å². The van der Waals surface area contributed by atoms with Crippen LogP contribution in [0.25, 0.3) is 20.9 Å². The van der Waals surface area contributed by atoms with Crippen molar-refractivity contribution >= 4 is 45.9 Å². The summed E-state index contributed by atoms with van der Waals surface area (Å²) in [7, 11) is 0. The molecule has 0 aliphatic carbocycles. The number of nitrogens with zero attached hydrogens (tertiary/aromatic N) is 3. The smallest absolute Gasteiger partial charge is 0.382 e. The van der Waals surface area contributed by atoms with E-state index < -0.39 is 11.7 Å². The molecule has 3 aromatic rings. The van der Waals surface area contributed by atoms with E-state index in [1.54, 1.807) is 0 Å². The first-order valence-electron chi connectivity index (χ1n) is 5.72. The molecule has 0 unspecified atom stereocenters. The average Bonchev–Trinajstić information content (AvgIpc) is 2.82. The number of aromatic nitrogens is 3. The normalized spacial score (nSPS) is 11.4. The van der Waals surface area contributed by atoms with Gasteiger partial charge in [0, 0.05) is 5.56 Å². The summed E-state index contributed by atoms with van der Waals surface area (Å²) in [5, 5.41) is 0.505. The van der Waals surface area contributed by atoms with E-state index in [0.29, 0.717) is 20.9 Å². The molecule has 0 aliphatic heterocycles. The molecular weight excluding hydrogens is 339 g/mol. The Balaban J connectivity index is 0.00000176. The van der Waals surface area contributed by atoms with E-state index in [-0.39, 0.29) is 24.2 Å². The molecule has 2 aromatic heterocycles. The SMILES string of the molecule is Cl.Nc1nc(N)c2nc(-c3ccc(C(F)(F)F)cc3)sc2n1. The fourth-order valence-electron chi connectivity index (χ4n) is 1.79. The zero-order valence-electron chi connectivity index (χ0n) is 10.8. The molecule has 0 bridgehead atoms. The lowest BCUT2D eigenvalue weighted by molar-refractivity contribution is -0.137. The Morgan fingerprint density at radius 1 is 0.955 bits per heavy atom.